The zero-order chi connectivity index (χ0) is 26.3. The number of carbonyl (C=O) groups excluding carboxylic acids is 1. The zero-order valence-electron chi connectivity index (χ0n) is 20.6. The van der Waals surface area contributed by atoms with Gasteiger partial charge < -0.3 is 14.9 Å². The largest absolute Gasteiger partial charge is 0.481 e. The van der Waals surface area contributed by atoms with E-state index >= 15 is 0 Å². The number of likely N-dealkylation sites (tertiary alicyclic amines) is 2. The number of carbonyl (C=O) groups is 2. The van der Waals surface area contributed by atoms with Crippen LogP contribution in [0.1, 0.15) is 62.5 Å². The minimum absolute atomic E-state index is 0.0308. The molecule has 2 unspecified atom stereocenters. The van der Waals surface area contributed by atoms with E-state index in [-0.39, 0.29) is 36.3 Å². The van der Waals surface area contributed by atoms with Crippen molar-refractivity contribution in [3.63, 3.8) is 0 Å². The summed E-state index contributed by atoms with van der Waals surface area (Å²) in [5.74, 6) is -0.745. The van der Waals surface area contributed by atoms with Gasteiger partial charge >= 0.3 is 12.1 Å². The second kappa shape index (κ2) is 12.2. The van der Waals surface area contributed by atoms with Crippen molar-refractivity contribution in [3.8, 4) is 0 Å². The molecule has 2 fully saturated rings. The van der Waals surface area contributed by atoms with E-state index in [1.807, 2.05) is 11.8 Å². The van der Waals surface area contributed by atoms with Gasteiger partial charge in [-0.15, -0.1) is 0 Å². The third-order valence-corrected chi connectivity index (χ3v) is 6.88. The average Bonchev–Trinajstić information content (AvgIpc) is 3.33. The highest BCUT2D eigenvalue weighted by atomic mass is 19.4. The number of allylic oxidation sites excluding steroid dienone is 2. The number of aliphatic carboxylic acids is 1. The van der Waals surface area contributed by atoms with Crippen LogP contribution in [0, 0.1) is 5.92 Å². The molecular weight excluding hydrogens is 471 g/mol. The van der Waals surface area contributed by atoms with Gasteiger partial charge in [0.05, 0.1) is 5.56 Å². The number of carboxylic acids is 1. The van der Waals surface area contributed by atoms with Crippen molar-refractivity contribution in [2.75, 3.05) is 26.2 Å². The molecule has 1 N–H and O–H groups in total. The van der Waals surface area contributed by atoms with Crippen LogP contribution in [0.25, 0.3) is 0 Å². The van der Waals surface area contributed by atoms with Gasteiger partial charge in [0.15, 0.2) is 0 Å². The molecule has 0 saturated carbocycles. The lowest BCUT2D eigenvalue weighted by atomic mass is 9.93. The van der Waals surface area contributed by atoms with Crippen LogP contribution < -0.4 is 0 Å². The van der Waals surface area contributed by atoms with Crippen LogP contribution in [-0.2, 0) is 15.8 Å². The lowest BCUT2D eigenvalue weighted by molar-refractivity contribution is -0.139. The fourth-order valence-electron chi connectivity index (χ4n) is 5.16. The SMILES string of the molecule is C=N/C(=C\C=C(/CCC)C(=O)N1CCC(c2ccccc2C(F)(F)F)C1)N1CCCC(CC(=O)O)C1. The standard InChI is InChI=1S/C27H34F3N3O3/c1-3-7-20(11-12-24(31-2)32-14-6-8-19(17-32)16-25(34)35)26(36)33-15-13-21(18-33)22-9-4-5-10-23(22)27(28,29)30/h4-5,9-12,19,21H,2-3,6-8,13-18H2,1H3,(H,34,35)/b20-11+,24-12+. The number of rotatable bonds is 9. The Morgan fingerprint density at radius 3 is 2.56 bits per heavy atom. The number of hydrogen-bond acceptors (Lipinski definition) is 4. The summed E-state index contributed by atoms with van der Waals surface area (Å²) in [5.41, 5.74) is 0.170. The van der Waals surface area contributed by atoms with Gasteiger partial charge in [0, 0.05) is 44.1 Å². The molecule has 1 aromatic carbocycles. The average molecular weight is 506 g/mol. The number of hydrogen-bond donors (Lipinski definition) is 1. The molecule has 3 rings (SSSR count). The predicted molar refractivity (Wildman–Crippen MR) is 133 cm³/mol. The maximum Gasteiger partial charge on any atom is 0.416 e. The summed E-state index contributed by atoms with van der Waals surface area (Å²) in [6.45, 7) is 7.55. The maximum absolute atomic E-state index is 13.5. The lowest BCUT2D eigenvalue weighted by Crippen LogP contribution is -2.35. The zero-order valence-corrected chi connectivity index (χ0v) is 20.6. The predicted octanol–water partition coefficient (Wildman–Crippen LogP) is 5.48. The fraction of sp³-hybridized carbons (Fsp3) is 0.519. The van der Waals surface area contributed by atoms with E-state index in [1.54, 1.807) is 23.1 Å². The van der Waals surface area contributed by atoms with E-state index in [2.05, 4.69) is 11.7 Å². The van der Waals surface area contributed by atoms with Gasteiger partial charge in [0.1, 0.15) is 5.82 Å². The molecule has 6 nitrogen and oxygen atoms in total. The molecule has 9 heteroatoms. The van der Waals surface area contributed by atoms with Crippen molar-refractivity contribution in [2.45, 2.75) is 57.5 Å². The van der Waals surface area contributed by atoms with Gasteiger partial charge in [0.25, 0.3) is 0 Å². The summed E-state index contributed by atoms with van der Waals surface area (Å²) in [6, 6.07) is 5.59. The first-order valence-corrected chi connectivity index (χ1v) is 12.4. The van der Waals surface area contributed by atoms with Gasteiger partial charge in [0.2, 0.25) is 5.91 Å². The maximum atomic E-state index is 13.5. The summed E-state index contributed by atoms with van der Waals surface area (Å²) >= 11 is 0. The van der Waals surface area contributed by atoms with Crippen LogP contribution in [0.4, 0.5) is 13.2 Å². The number of carboxylic acid groups (broad SMARTS) is 1. The van der Waals surface area contributed by atoms with Crippen molar-refractivity contribution >= 4 is 18.6 Å². The van der Waals surface area contributed by atoms with Gasteiger partial charge in [-0.25, -0.2) is 4.99 Å². The Kier molecular flexibility index (Phi) is 9.34. The summed E-state index contributed by atoms with van der Waals surface area (Å²) in [7, 11) is 0. The van der Waals surface area contributed by atoms with E-state index in [4.69, 9.17) is 5.11 Å². The van der Waals surface area contributed by atoms with Crippen LogP contribution >= 0.6 is 0 Å². The van der Waals surface area contributed by atoms with Crippen LogP contribution in [0.5, 0.6) is 0 Å². The van der Waals surface area contributed by atoms with Gasteiger partial charge in [-0.05, 0) is 62.1 Å². The number of aliphatic imine (C=N–C) groups is 1. The monoisotopic (exact) mass is 505 g/mol. The molecule has 0 spiro atoms. The Balaban J connectivity index is 1.75. The Bertz CT molecular complexity index is 1020. The van der Waals surface area contributed by atoms with Crippen LogP contribution in [0.3, 0.4) is 0 Å². The topological polar surface area (TPSA) is 73.2 Å². The van der Waals surface area contributed by atoms with Gasteiger partial charge in [-0.1, -0.05) is 31.5 Å². The molecule has 0 aromatic heterocycles. The molecule has 2 aliphatic rings. The number of piperidine rings is 1. The summed E-state index contributed by atoms with van der Waals surface area (Å²) < 4.78 is 40.5. The van der Waals surface area contributed by atoms with E-state index in [0.717, 1.165) is 31.9 Å². The summed E-state index contributed by atoms with van der Waals surface area (Å²) in [6.07, 6.45) is 2.58. The fourth-order valence-corrected chi connectivity index (χ4v) is 5.16. The van der Waals surface area contributed by atoms with Gasteiger partial charge in [-0.2, -0.15) is 13.2 Å². The molecule has 0 bridgehead atoms. The molecule has 0 radical (unpaired) electrons. The number of amides is 1. The first kappa shape index (κ1) is 27.5. The first-order chi connectivity index (χ1) is 17.1. The van der Waals surface area contributed by atoms with Crippen molar-refractivity contribution in [3.05, 3.63) is 58.9 Å². The number of alkyl halides is 3. The lowest BCUT2D eigenvalue weighted by Gasteiger charge is -2.33. The smallest absolute Gasteiger partial charge is 0.416 e. The minimum Gasteiger partial charge on any atom is -0.481 e. The molecule has 2 saturated heterocycles. The Labute approximate surface area is 210 Å². The highest BCUT2D eigenvalue weighted by Crippen LogP contribution is 2.38. The second-order valence-electron chi connectivity index (χ2n) is 9.50. The number of benzene rings is 1. The van der Waals surface area contributed by atoms with Crippen LogP contribution in [0.15, 0.2) is 52.8 Å². The molecule has 1 aromatic rings. The third-order valence-electron chi connectivity index (χ3n) is 6.88. The summed E-state index contributed by atoms with van der Waals surface area (Å²) in [4.78, 5) is 32.2. The molecular formula is C27H34F3N3O3. The molecule has 2 heterocycles. The van der Waals surface area contributed by atoms with E-state index in [1.165, 1.54) is 12.1 Å². The van der Waals surface area contributed by atoms with E-state index in [9.17, 15) is 22.8 Å². The van der Waals surface area contributed by atoms with Crippen molar-refractivity contribution in [2.24, 2.45) is 10.9 Å². The van der Waals surface area contributed by atoms with Gasteiger partial charge in [-0.3, -0.25) is 9.59 Å². The van der Waals surface area contributed by atoms with Crippen LogP contribution in [-0.4, -0.2) is 59.7 Å². The van der Waals surface area contributed by atoms with Crippen molar-refractivity contribution in [1.29, 1.82) is 0 Å². The quantitative estimate of drug-likeness (QED) is 0.274. The highest BCUT2D eigenvalue weighted by Gasteiger charge is 2.37. The normalized spacial score (nSPS) is 21.6. The second-order valence-corrected chi connectivity index (χ2v) is 9.50. The molecule has 2 aliphatic heterocycles. The van der Waals surface area contributed by atoms with Crippen molar-refractivity contribution < 1.29 is 27.9 Å². The number of halogens is 3. The molecule has 0 aliphatic carbocycles. The van der Waals surface area contributed by atoms with Crippen molar-refractivity contribution in [1.82, 2.24) is 9.80 Å². The Morgan fingerprint density at radius 1 is 1.14 bits per heavy atom. The Hall–Kier alpha value is -3.10. The first-order valence-electron chi connectivity index (χ1n) is 12.4. The molecule has 36 heavy (non-hydrogen) atoms. The number of nitrogens with zero attached hydrogens (tertiary/aromatic N) is 3. The highest BCUT2D eigenvalue weighted by molar-refractivity contribution is 5.94. The third kappa shape index (κ3) is 6.98. The molecule has 1 amide bonds. The van der Waals surface area contributed by atoms with Crippen LogP contribution in [0.2, 0.25) is 0 Å². The molecule has 196 valence electrons. The Morgan fingerprint density at radius 2 is 1.89 bits per heavy atom. The summed E-state index contributed by atoms with van der Waals surface area (Å²) in [5, 5.41) is 9.12. The minimum atomic E-state index is -4.43. The van der Waals surface area contributed by atoms with E-state index < -0.39 is 17.7 Å². The molecule has 2 atom stereocenters. The van der Waals surface area contributed by atoms with E-state index in [0.29, 0.717) is 37.3 Å².